The first-order valence-corrected chi connectivity index (χ1v) is 5.86. The van der Waals surface area contributed by atoms with Gasteiger partial charge >= 0.3 is 11.9 Å². The van der Waals surface area contributed by atoms with Crippen molar-refractivity contribution < 1.29 is 19.4 Å². The van der Waals surface area contributed by atoms with E-state index in [1.165, 1.54) is 0 Å². The van der Waals surface area contributed by atoms with Crippen molar-refractivity contribution in [2.24, 2.45) is 0 Å². The molecule has 0 heterocycles. The van der Waals surface area contributed by atoms with Crippen LogP contribution in [-0.2, 0) is 9.53 Å². The molecule has 0 aliphatic rings. The molecule has 0 aliphatic heterocycles. The topological polar surface area (TPSA) is 75.6 Å². The highest BCUT2D eigenvalue weighted by Crippen LogP contribution is 2.10. The third-order valence-electron chi connectivity index (χ3n) is 2.23. The van der Waals surface area contributed by atoms with Gasteiger partial charge in [-0.25, -0.2) is 4.79 Å². The summed E-state index contributed by atoms with van der Waals surface area (Å²) in [4.78, 5) is 21.8. The molecule has 2 N–H and O–H groups in total. The van der Waals surface area contributed by atoms with Crippen molar-refractivity contribution in [2.75, 3.05) is 18.5 Å². The molecule has 0 atom stereocenters. The fourth-order valence-corrected chi connectivity index (χ4v) is 1.32. The van der Waals surface area contributed by atoms with Gasteiger partial charge in [-0.2, -0.15) is 0 Å². The van der Waals surface area contributed by atoms with E-state index in [0.717, 1.165) is 12.1 Å². The number of carboxylic acids is 1. The van der Waals surface area contributed by atoms with Crippen LogP contribution in [0.5, 0.6) is 0 Å². The highest BCUT2D eigenvalue weighted by molar-refractivity contribution is 5.89. The van der Waals surface area contributed by atoms with Crippen LogP contribution in [0.2, 0.25) is 0 Å². The standard InChI is InChI=1S/C13H17NO4/c1-2-9-18-13(17)10-3-5-11(6-4-10)14-8-7-12(15)16/h3-6,14H,2,7-9H2,1H3,(H,15,16). The second-order valence-corrected chi connectivity index (χ2v) is 3.78. The summed E-state index contributed by atoms with van der Waals surface area (Å²) in [5.41, 5.74) is 1.27. The summed E-state index contributed by atoms with van der Waals surface area (Å²) in [6.45, 7) is 2.70. The van der Waals surface area contributed by atoms with Gasteiger partial charge in [-0.15, -0.1) is 0 Å². The SMILES string of the molecule is CCCOC(=O)c1ccc(NCCC(=O)O)cc1. The van der Waals surface area contributed by atoms with Gasteiger partial charge in [0, 0.05) is 12.2 Å². The number of ether oxygens (including phenoxy) is 1. The second kappa shape index (κ2) is 7.32. The molecule has 0 aromatic heterocycles. The van der Waals surface area contributed by atoms with Gasteiger partial charge < -0.3 is 15.2 Å². The van der Waals surface area contributed by atoms with Gasteiger partial charge in [-0.1, -0.05) is 6.92 Å². The molecular formula is C13H17NO4. The number of carboxylic acid groups (broad SMARTS) is 1. The van der Waals surface area contributed by atoms with Crippen molar-refractivity contribution >= 4 is 17.6 Å². The van der Waals surface area contributed by atoms with E-state index in [-0.39, 0.29) is 12.4 Å². The van der Waals surface area contributed by atoms with Gasteiger partial charge in [0.05, 0.1) is 18.6 Å². The minimum atomic E-state index is -0.845. The van der Waals surface area contributed by atoms with Gasteiger partial charge in [-0.3, -0.25) is 4.79 Å². The molecule has 1 aromatic carbocycles. The Labute approximate surface area is 106 Å². The quantitative estimate of drug-likeness (QED) is 0.726. The molecule has 0 spiro atoms. The van der Waals surface area contributed by atoms with Crippen LogP contribution in [-0.4, -0.2) is 30.2 Å². The smallest absolute Gasteiger partial charge is 0.338 e. The maximum atomic E-state index is 11.5. The molecule has 0 fully saturated rings. The van der Waals surface area contributed by atoms with Gasteiger partial charge in [-0.05, 0) is 30.7 Å². The number of carbonyl (C=O) groups is 2. The largest absolute Gasteiger partial charge is 0.481 e. The van der Waals surface area contributed by atoms with Crippen molar-refractivity contribution in [2.45, 2.75) is 19.8 Å². The molecule has 98 valence electrons. The molecule has 1 aromatic rings. The monoisotopic (exact) mass is 251 g/mol. The first kappa shape index (κ1) is 14.0. The predicted molar refractivity (Wildman–Crippen MR) is 67.8 cm³/mol. The fourth-order valence-electron chi connectivity index (χ4n) is 1.32. The zero-order valence-corrected chi connectivity index (χ0v) is 10.3. The summed E-state index contributed by atoms with van der Waals surface area (Å²) in [5.74, 6) is -1.18. The van der Waals surface area contributed by atoms with Crippen molar-refractivity contribution in [3.8, 4) is 0 Å². The number of benzene rings is 1. The van der Waals surface area contributed by atoms with Crippen molar-refractivity contribution in [3.05, 3.63) is 29.8 Å². The Bertz CT molecular complexity index is 400. The molecule has 0 saturated carbocycles. The van der Waals surface area contributed by atoms with E-state index in [2.05, 4.69) is 5.32 Å². The average molecular weight is 251 g/mol. The van der Waals surface area contributed by atoms with E-state index >= 15 is 0 Å². The Morgan fingerprint density at radius 2 is 1.94 bits per heavy atom. The third kappa shape index (κ3) is 4.86. The van der Waals surface area contributed by atoms with Crippen LogP contribution in [0.4, 0.5) is 5.69 Å². The molecule has 5 heteroatoms. The van der Waals surface area contributed by atoms with Crippen LogP contribution in [0.1, 0.15) is 30.1 Å². The molecule has 0 bridgehead atoms. The summed E-state index contributed by atoms with van der Waals surface area (Å²) in [6.07, 6.45) is 0.848. The number of hydrogen-bond donors (Lipinski definition) is 2. The molecule has 0 saturated heterocycles. The minimum absolute atomic E-state index is 0.0558. The van der Waals surface area contributed by atoms with Crippen LogP contribution >= 0.6 is 0 Å². The number of rotatable bonds is 7. The minimum Gasteiger partial charge on any atom is -0.481 e. The van der Waals surface area contributed by atoms with E-state index in [4.69, 9.17) is 9.84 Å². The van der Waals surface area contributed by atoms with Crippen molar-refractivity contribution in [1.29, 1.82) is 0 Å². The Hall–Kier alpha value is -2.04. The van der Waals surface area contributed by atoms with E-state index in [1.54, 1.807) is 24.3 Å². The van der Waals surface area contributed by atoms with E-state index < -0.39 is 5.97 Å². The lowest BCUT2D eigenvalue weighted by Gasteiger charge is -2.06. The van der Waals surface area contributed by atoms with Crippen LogP contribution in [0.3, 0.4) is 0 Å². The molecule has 0 amide bonds. The maximum Gasteiger partial charge on any atom is 0.338 e. The average Bonchev–Trinajstić information content (AvgIpc) is 2.36. The Morgan fingerprint density at radius 1 is 1.28 bits per heavy atom. The second-order valence-electron chi connectivity index (χ2n) is 3.78. The van der Waals surface area contributed by atoms with Gasteiger partial charge in [0.1, 0.15) is 0 Å². The maximum absolute atomic E-state index is 11.5. The zero-order valence-electron chi connectivity index (χ0n) is 10.3. The van der Waals surface area contributed by atoms with E-state index in [0.29, 0.717) is 18.7 Å². The molecule has 0 aliphatic carbocycles. The number of aliphatic carboxylic acids is 1. The molecule has 0 radical (unpaired) electrons. The highest BCUT2D eigenvalue weighted by Gasteiger charge is 2.06. The summed E-state index contributed by atoms with van der Waals surface area (Å²) >= 11 is 0. The Morgan fingerprint density at radius 3 is 2.50 bits per heavy atom. The lowest BCUT2D eigenvalue weighted by molar-refractivity contribution is -0.136. The zero-order chi connectivity index (χ0) is 13.4. The third-order valence-corrected chi connectivity index (χ3v) is 2.23. The van der Waals surface area contributed by atoms with Gasteiger partial charge in [0.25, 0.3) is 0 Å². The number of carbonyl (C=O) groups excluding carboxylic acids is 1. The predicted octanol–water partition coefficient (Wildman–Crippen LogP) is 2.14. The van der Waals surface area contributed by atoms with Crippen LogP contribution in [0, 0.1) is 0 Å². The number of anilines is 1. The van der Waals surface area contributed by atoms with Gasteiger partial charge in [0.2, 0.25) is 0 Å². The molecule has 1 rings (SSSR count). The van der Waals surface area contributed by atoms with E-state index in [1.807, 2.05) is 6.92 Å². The number of nitrogens with one attached hydrogen (secondary N) is 1. The highest BCUT2D eigenvalue weighted by atomic mass is 16.5. The van der Waals surface area contributed by atoms with Crippen molar-refractivity contribution in [3.63, 3.8) is 0 Å². The van der Waals surface area contributed by atoms with Crippen molar-refractivity contribution in [1.82, 2.24) is 0 Å². The summed E-state index contributed by atoms with van der Waals surface area (Å²) in [7, 11) is 0. The van der Waals surface area contributed by atoms with Crippen LogP contribution in [0.25, 0.3) is 0 Å². The van der Waals surface area contributed by atoms with E-state index in [9.17, 15) is 9.59 Å². The van der Waals surface area contributed by atoms with Gasteiger partial charge in [0.15, 0.2) is 0 Å². The lowest BCUT2D eigenvalue weighted by Crippen LogP contribution is -2.08. The Kier molecular flexibility index (Phi) is 5.70. The van der Waals surface area contributed by atoms with Crippen LogP contribution in [0.15, 0.2) is 24.3 Å². The first-order valence-electron chi connectivity index (χ1n) is 5.86. The lowest BCUT2D eigenvalue weighted by atomic mass is 10.2. The molecule has 0 unspecified atom stereocenters. The molecular weight excluding hydrogens is 234 g/mol. The summed E-state index contributed by atoms with van der Waals surface area (Å²) in [6, 6.07) is 6.76. The number of esters is 1. The summed E-state index contributed by atoms with van der Waals surface area (Å²) in [5, 5.41) is 11.4. The molecule has 5 nitrogen and oxygen atoms in total. The normalized spacial score (nSPS) is 9.83. The molecule has 18 heavy (non-hydrogen) atoms. The van der Waals surface area contributed by atoms with Crippen LogP contribution < -0.4 is 5.32 Å². The Balaban J connectivity index is 2.46. The first-order chi connectivity index (χ1) is 8.63. The number of hydrogen-bond acceptors (Lipinski definition) is 4. The summed E-state index contributed by atoms with van der Waals surface area (Å²) < 4.78 is 4.99. The fraction of sp³-hybridized carbons (Fsp3) is 0.385.